The lowest BCUT2D eigenvalue weighted by Gasteiger charge is -2.12. The Labute approximate surface area is 162 Å². The van der Waals surface area contributed by atoms with E-state index in [1.807, 2.05) is 0 Å². The first-order valence-electron chi connectivity index (χ1n) is 8.26. The third kappa shape index (κ3) is 4.15. The number of anilines is 1. The van der Waals surface area contributed by atoms with Crippen LogP contribution in [0.3, 0.4) is 0 Å². The van der Waals surface area contributed by atoms with Crippen LogP contribution in [0.15, 0.2) is 48.5 Å². The second-order valence-corrected chi connectivity index (χ2v) is 6.84. The van der Waals surface area contributed by atoms with Crippen LogP contribution in [0.2, 0.25) is 0 Å². The predicted molar refractivity (Wildman–Crippen MR) is 102 cm³/mol. The molecular formula is C19H16F3N3O2S. The van der Waals surface area contributed by atoms with Gasteiger partial charge in [-0.3, -0.25) is 0 Å². The van der Waals surface area contributed by atoms with E-state index in [1.165, 1.54) is 12.1 Å². The average Bonchev–Trinajstić information content (AvgIpc) is 3.10. The highest BCUT2D eigenvalue weighted by atomic mass is 32.1. The minimum absolute atomic E-state index is 0.0509. The second-order valence-electron chi connectivity index (χ2n) is 5.84. The lowest BCUT2D eigenvalue weighted by molar-refractivity contribution is -0.137. The number of benzene rings is 2. The summed E-state index contributed by atoms with van der Waals surface area (Å²) in [6.45, 7) is 0.690. The molecule has 0 bridgehead atoms. The summed E-state index contributed by atoms with van der Waals surface area (Å²) in [4.78, 5) is 15.7. The van der Waals surface area contributed by atoms with Gasteiger partial charge in [-0.25, -0.2) is 9.78 Å². The summed E-state index contributed by atoms with van der Waals surface area (Å²) in [7, 11) is 0. The van der Waals surface area contributed by atoms with Crippen LogP contribution >= 0.6 is 11.3 Å². The molecule has 146 valence electrons. The van der Waals surface area contributed by atoms with Gasteiger partial charge in [0.05, 0.1) is 5.56 Å². The molecule has 3 rings (SSSR count). The Hall–Kier alpha value is -2.91. The summed E-state index contributed by atoms with van der Waals surface area (Å²) in [5.74, 6) is -0.886. The molecule has 4 N–H and O–H groups in total. The Bertz CT molecular complexity index is 985. The first-order valence-corrected chi connectivity index (χ1v) is 9.08. The van der Waals surface area contributed by atoms with Crippen LogP contribution in [0.4, 0.5) is 19.0 Å². The maximum absolute atomic E-state index is 13.2. The Morgan fingerprint density at radius 3 is 2.36 bits per heavy atom. The van der Waals surface area contributed by atoms with Gasteiger partial charge < -0.3 is 16.2 Å². The molecule has 0 aliphatic carbocycles. The monoisotopic (exact) mass is 407 g/mol. The molecule has 0 atom stereocenters. The molecule has 0 unspecified atom stereocenters. The number of hydrogen-bond donors (Lipinski definition) is 3. The van der Waals surface area contributed by atoms with E-state index >= 15 is 0 Å². The molecule has 28 heavy (non-hydrogen) atoms. The largest absolute Gasteiger partial charge is 0.477 e. The van der Waals surface area contributed by atoms with Gasteiger partial charge in [-0.2, -0.15) is 13.2 Å². The van der Waals surface area contributed by atoms with Crippen molar-refractivity contribution in [3.63, 3.8) is 0 Å². The van der Waals surface area contributed by atoms with Crippen LogP contribution in [0, 0.1) is 0 Å². The number of thiazole rings is 1. The normalized spacial score (nSPS) is 11.4. The third-order valence-electron chi connectivity index (χ3n) is 3.93. The number of alkyl halides is 3. The number of aromatic carboxylic acids is 1. The minimum atomic E-state index is -4.45. The number of nitrogens with zero attached hydrogens (tertiary/aromatic N) is 1. The van der Waals surface area contributed by atoms with Crippen molar-refractivity contribution >= 4 is 23.1 Å². The van der Waals surface area contributed by atoms with Crippen molar-refractivity contribution in [1.82, 2.24) is 4.98 Å². The summed E-state index contributed by atoms with van der Waals surface area (Å²) < 4.78 is 39.7. The van der Waals surface area contributed by atoms with Gasteiger partial charge in [0.1, 0.15) is 5.01 Å². The Balaban J connectivity index is 1.95. The van der Waals surface area contributed by atoms with Crippen LogP contribution < -0.4 is 11.1 Å². The molecule has 0 spiro atoms. The first kappa shape index (κ1) is 19.8. The fourth-order valence-corrected chi connectivity index (χ4v) is 3.56. The van der Waals surface area contributed by atoms with E-state index in [1.54, 1.807) is 30.3 Å². The Kier molecular flexibility index (Phi) is 5.66. The standard InChI is InChI=1S/C19H16F3N3O2S/c20-19(21,22)14-4-2-1-3-13(14)11-5-7-12(8-6-11)17-25-16(24-10-9-23)15(28-17)18(26)27/h1-8,24H,9-10,23H2,(H,26,27). The number of nitrogens with one attached hydrogen (secondary N) is 1. The van der Waals surface area contributed by atoms with Gasteiger partial charge in [-0.05, 0) is 17.2 Å². The SMILES string of the molecule is NCCNc1nc(-c2ccc(-c3ccccc3C(F)(F)F)cc2)sc1C(=O)O. The quantitative estimate of drug-likeness (QED) is 0.557. The number of aromatic nitrogens is 1. The molecule has 0 fully saturated rings. The molecule has 0 amide bonds. The molecule has 2 aromatic carbocycles. The van der Waals surface area contributed by atoms with Gasteiger partial charge >= 0.3 is 12.1 Å². The van der Waals surface area contributed by atoms with E-state index in [4.69, 9.17) is 5.73 Å². The summed E-state index contributed by atoms with van der Waals surface area (Å²) in [6.07, 6.45) is -4.45. The molecule has 1 heterocycles. The van der Waals surface area contributed by atoms with E-state index in [-0.39, 0.29) is 16.3 Å². The molecule has 0 saturated heterocycles. The van der Waals surface area contributed by atoms with Crippen molar-refractivity contribution in [3.8, 4) is 21.7 Å². The lowest BCUT2D eigenvalue weighted by Crippen LogP contribution is -2.14. The fourth-order valence-electron chi connectivity index (χ4n) is 2.67. The van der Waals surface area contributed by atoms with Gasteiger partial charge in [0.2, 0.25) is 0 Å². The molecule has 0 saturated carbocycles. The van der Waals surface area contributed by atoms with Crippen LogP contribution in [-0.2, 0) is 6.18 Å². The molecule has 9 heteroatoms. The van der Waals surface area contributed by atoms with Crippen LogP contribution in [0.5, 0.6) is 0 Å². The average molecular weight is 407 g/mol. The Morgan fingerprint density at radius 1 is 1.11 bits per heavy atom. The van der Waals surface area contributed by atoms with Crippen LogP contribution in [-0.4, -0.2) is 29.1 Å². The number of hydrogen-bond acceptors (Lipinski definition) is 5. The highest BCUT2D eigenvalue weighted by molar-refractivity contribution is 7.17. The maximum atomic E-state index is 13.2. The minimum Gasteiger partial charge on any atom is -0.477 e. The van der Waals surface area contributed by atoms with Crippen molar-refractivity contribution in [2.45, 2.75) is 6.18 Å². The molecule has 5 nitrogen and oxygen atoms in total. The zero-order valence-corrected chi connectivity index (χ0v) is 15.3. The van der Waals surface area contributed by atoms with E-state index in [0.717, 1.165) is 17.4 Å². The maximum Gasteiger partial charge on any atom is 0.417 e. The number of carboxylic acid groups (broad SMARTS) is 1. The highest BCUT2D eigenvalue weighted by Crippen LogP contribution is 2.38. The van der Waals surface area contributed by atoms with E-state index in [2.05, 4.69) is 10.3 Å². The summed E-state index contributed by atoms with van der Waals surface area (Å²) in [5, 5.41) is 12.6. The van der Waals surface area contributed by atoms with Crippen LogP contribution in [0.25, 0.3) is 21.7 Å². The Morgan fingerprint density at radius 2 is 1.75 bits per heavy atom. The molecule has 3 aromatic rings. The first-order chi connectivity index (χ1) is 13.3. The predicted octanol–water partition coefficient (Wildman–Crippen LogP) is 4.56. The zero-order valence-electron chi connectivity index (χ0n) is 14.5. The van der Waals surface area contributed by atoms with Gasteiger partial charge in [0.15, 0.2) is 10.7 Å². The van der Waals surface area contributed by atoms with Gasteiger partial charge in [0.25, 0.3) is 0 Å². The molecule has 0 aliphatic rings. The third-order valence-corrected chi connectivity index (χ3v) is 5.03. The summed E-state index contributed by atoms with van der Waals surface area (Å²) in [5.41, 5.74) is 5.81. The summed E-state index contributed by atoms with van der Waals surface area (Å²) in [6, 6.07) is 11.7. The van der Waals surface area contributed by atoms with E-state index in [0.29, 0.717) is 29.2 Å². The van der Waals surface area contributed by atoms with Crippen molar-refractivity contribution in [2.75, 3.05) is 18.4 Å². The smallest absolute Gasteiger partial charge is 0.417 e. The number of halogens is 3. The number of rotatable bonds is 6. The fraction of sp³-hybridized carbons (Fsp3) is 0.158. The van der Waals surface area contributed by atoms with Gasteiger partial charge in [0, 0.05) is 18.7 Å². The molecule has 1 aromatic heterocycles. The highest BCUT2D eigenvalue weighted by Gasteiger charge is 2.33. The molecule has 0 radical (unpaired) electrons. The lowest BCUT2D eigenvalue weighted by atomic mass is 9.98. The van der Waals surface area contributed by atoms with Crippen molar-refractivity contribution in [1.29, 1.82) is 0 Å². The number of carboxylic acids is 1. The van der Waals surface area contributed by atoms with E-state index < -0.39 is 17.7 Å². The van der Waals surface area contributed by atoms with Crippen LogP contribution in [0.1, 0.15) is 15.2 Å². The topological polar surface area (TPSA) is 88.2 Å². The second kappa shape index (κ2) is 7.99. The summed E-state index contributed by atoms with van der Waals surface area (Å²) >= 11 is 0.986. The van der Waals surface area contributed by atoms with Gasteiger partial charge in [-0.15, -0.1) is 11.3 Å². The van der Waals surface area contributed by atoms with Crippen molar-refractivity contribution in [3.05, 3.63) is 59.0 Å². The van der Waals surface area contributed by atoms with Crippen molar-refractivity contribution < 1.29 is 23.1 Å². The number of carbonyl (C=O) groups is 1. The number of nitrogens with two attached hydrogens (primary N) is 1. The molecular weight excluding hydrogens is 391 g/mol. The van der Waals surface area contributed by atoms with Crippen molar-refractivity contribution in [2.24, 2.45) is 5.73 Å². The van der Waals surface area contributed by atoms with Gasteiger partial charge in [-0.1, -0.05) is 42.5 Å². The molecule has 0 aliphatic heterocycles. The zero-order chi connectivity index (χ0) is 20.3. The van der Waals surface area contributed by atoms with E-state index in [9.17, 15) is 23.1 Å².